The first-order chi connectivity index (χ1) is 8.25. The monoisotopic (exact) mass is 228 g/mol. The zero-order valence-corrected chi connectivity index (χ0v) is 8.65. The Hall–Kier alpha value is -2.77. The van der Waals surface area contributed by atoms with Crippen LogP contribution in [0, 0.1) is 0 Å². The SMILES string of the molecule is Nc1nc(N)c2c(cnn2-c2ccncn2)n1. The van der Waals surface area contributed by atoms with Crippen LogP contribution >= 0.6 is 0 Å². The number of hydrogen-bond donors (Lipinski definition) is 2. The third kappa shape index (κ3) is 1.42. The zero-order valence-electron chi connectivity index (χ0n) is 8.65. The Morgan fingerprint density at radius 1 is 1.18 bits per heavy atom. The van der Waals surface area contributed by atoms with Gasteiger partial charge in [0.1, 0.15) is 17.4 Å². The van der Waals surface area contributed by atoms with Crippen LogP contribution in [0.15, 0.2) is 24.8 Å². The molecule has 4 N–H and O–H groups in total. The summed E-state index contributed by atoms with van der Waals surface area (Å²) in [4.78, 5) is 15.9. The fourth-order valence-corrected chi connectivity index (χ4v) is 1.57. The molecule has 0 amide bonds. The number of anilines is 2. The Kier molecular flexibility index (Phi) is 1.87. The molecule has 0 aliphatic rings. The van der Waals surface area contributed by atoms with Crippen molar-refractivity contribution in [3.63, 3.8) is 0 Å². The number of fused-ring (bicyclic) bond motifs is 1. The molecule has 8 heteroatoms. The van der Waals surface area contributed by atoms with Gasteiger partial charge in [-0.1, -0.05) is 0 Å². The molecule has 3 aromatic rings. The highest BCUT2D eigenvalue weighted by Gasteiger charge is 2.11. The van der Waals surface area contributed by atoms with Gasteiger partial charge in [0.15, 0.2) is 11.6 Å². The van der Waals surface area contributed by atoms with E-state index in [1.165, 1.54) is 6.33 Å². The first-order valence-corrected chi connectivity index (χ1v) is 4.79. The van der Waals surface area contributed by atoms with Gasteiger partial charge in [0.2, 0.25) is 5.95 Å². The molecule has 0 aliphatic heterocycles. The highest BCUT2D eigenvalue weighted by molar-refractivity contribution is 5.86. The molecular weight excluding hydrogens is 220 g/mol. The zero-order chi connectivity index (χ0) is 11.8. The molecule has 0 bridgehead atoms. The number of nitrogens with two attached hydrogens (primary N) is 2. The molecule has 0 radical (unpaired) electrons. The van der Waals surface area contributed by atoms with Gasteiger partial charge in [-0.15, -0.1) is 0 Å². The van der Waals surface area contributed by atoms with E-state index >= 15 is 0 Å². The summed E-state index contributed by atoms with van der Waals surface area (Å²) in [5.41, 5.74) is 12.5. The predicted octanol–water partition coefficient (Wildman–Crippen LogP) is -0.230. The van der Waals surface area contributed by atoms with Crippen molar-refractivity contribution in [3.8, 4) is 5.82 Å². The number of nitrogens with zero attached hydrogens (tertiary/aromatic N) is 6. The van der Waals surface area contributed by atoms with Crippen LogP contribution in [0.4, 0.5) is 11.8 Å². The van der Waals surface area contributed by atoms with Crippen LogP contribution < -0.4 is 11.5 Å². The fraction of sp³-hybridized carbons (Fsp3) is 0. The molecule has 3 aromatic heterocycles. The highest BCUT2D eigenvalue weighted by Crippen LogP contribution is 2.20. The van der Waals surface area contributed by atoms with Crippen LogP contribution in [0.3, 0.4) is 0 Å². The van der Waals surface area contributed by atoms with E-state index in [-0.39, 0.29) is 11.8 Å². The van der Waals surface area contributed by atoms with Crippen molar-refractivity contribution in [1.29, 1.82) is 0 Å². The van der Waals surface area contributed by atoms with Gasteiger partial charge in [0, 0.05) is 12.3 Å². The van der Waals surface area contributed by atoms with Crippen LogP contribution in [0.5, 0.6) is 0 Å². The van der Waals surface area contributed by atoms with E-state index in [1.807, 2.05) is 0 Å². The third-order valence-corrected chi connectivity index (χ3v) is 2.25. The second-order valence-electron chi connectivity index (χ2n) is 3.32. The summed E-state index contributed by atoms with van der Waals surface area (Å²) < 4.78 is 1.55. The van der Waals surface area contributed by atoms with Gasteiger partial charge in [-0.25, -0.2) is 19.6 Å². The van der Waals surface area contributed by atoms with E-state index in [9.17, 15) is 0 Å². The van der Waals surface area contributed by atoms with Crippen molar-refractivity contribution >= 4 is 22.8 Å². The molecule has 0 aromatic carbocycles. The molecule has 8 nitrogen and oxygen atoms in total. The maximum absolute atomic E-state index is 5.80. The van der Waals surface area contributed by atoms with Gasteiger partial charge in [0.25, 0.3) is 0 Å². The molecule has 0 atom stereocenters. The summed E-state index contributed by atoms with van der Waals surface area (Å²) in [6, 6.07) is 1.71. The first-order valence-electron chi connectivity index (χ1n) is 4.79. The number of rotatable bonds is 1. The van der Waals surface area contributed by atoms with Crippen LogP contribution in [0.2, 0.25) is 0 Å². The lowest BCUT2D eigenvalue weighted by atomic mass is 10.4. The average Bonchev–Trinajstić information content (AvgIpc) is 2.74. The molecule has 0 fully saturated rings. The normalized spacial score (nSPS) is 10.8. The minimum absolute atomic E-state index is 0.122. The molecule has 0 spiro atoms. The van der Waals surface area contributed by atoms with Gasteiger partial charge in [-0.3, -0.25) is 0 Å². The summed E-state index contributed by atoms with van der Waals surface area (Å²) in [6.45, 7) is 0. The Balaban J connectivity index is 2.32. The summed E-state index contributed by atoms with van der Waals surface area (Å²) in [7, 11) is 0. The van der Waals surface area contributed by atoms with Gasteiger partial charge < -0.3 is 11.5 Å². The Labute approximate surface area is 95.3 Å². The third-order valence-electron chi connectivity index (χ3n) is 2.25. The molecule has 17 heavy (non-hydrogen) atoms. The van der Waals surface area contributed by atoms with E-state index in [0.717, 1.165) is 0 Å². The van der Waals surface area contributed by atoms with E-state index < -0.39 is 0 Å². The molecular formula is C9H8N8. The Morgan fingerprint density at radius 3 is 2.82 bits per heavy atom. The lowest BCUT2D eigenvalue weighted by Gasteiger charge is -2.03. The molecule has 0 saturated heterocycles. The molecule has 0 saturated carbocycles. The molecule has 3 heterocycles. The van der Waals surface area contributed by atoms with Crippen molar-refractivity contribution < 1.29 is 0 Å². The predicted molar refractivity (Wildman–Crippen MR) is 61.1 cm³/mol. The molecule has 3 rings (SSSR count). The van der Waals surface area contributed by atoms with Crippen LogP contribution in [0.25, 0.3) is 16.9 Å². The lowest BCUT2D eigenvalue weighted by molar-refractivity contribution is 0.865. The first kappa shape index (κ1) is 9.46. The van der Waals surface area contributed by atoms with Crippen LogP contribution in [0.1, 0.15) is 0 Å². The van der Waals surface area contributed by atoms with Crippen LogP contribution in [-0.2, 0) is 0 Å². The van der Waals surface area contributed by atoms with Crippen molar-refractivity contribution in [2.24, 2.45) is 0 Å². The second-order valence-corrected chi connectivity index (χ2v) is 3.32. The summed E-state index contributed by atoms with van der Waals surface area (Å²) in [5, 5.41) is 4.16. The Morgan fingerprint density at radius 2 is 2.06 bits per heavy atom. The molecule has 0 unspecified atom stereocenters. The summed E-state index contributed by atoms with van der Waals surface area (Å²) in [6.07, 6.45) is 4.60. The molecule has 84 valence electrons. The Bertz CT molecular complexity index is 674. The van der Waals surface area contributed by atoms with Crippen LogP contribution in [-0.4, -0.2) is 29.7 Å². The van der Waals surface area contributed by atoms with Gasteiger partial charge >= 0.3 is 0 Å². The van der Waals surface area contributed by atoms with Gasteiger partial charge in [0.05, 0.1) is 6.20 Å². The fourth-order valence-electron chi connectivity index (χ4n) is 1.57. The van der Waals surface area contributed by atoms with Crippen molar-refractivity contribution in [1.82, 2.24) is 29.7 Å². The topological polar surface area (TPSA) is 121 Å². The average molecular weight is 228 g/mol. The smallest absolute Gasteiger partial charge is 0.222 e. The van der Waals surface area contributed by atoms with Crippen molar-refractivity contribution in [2.45, 2.75) is 0 Å². The van der Waals surface area contributed by atoms with E-state index in [4.69, 9.17) is 11.5 Å². The summed E-state index contributed by atoms with van der Waals surface area (Å²) in [5.74, 6) is 0.982. The standard InChI is InChI=1S/C9H8N8/c10-8-7-5(15-9(11)16-8)3-14-17(7)6-1-2-12-4-13-6/h1-4H,(H4,10,11,15,16). The quantitative estimate of drug-likeness (QED) is 0.589. The molecule has 0 aliphatic carbocycles. The number of aromatic nitrogens is 6. The van der Waals surface area contributed by atoms with Gasteiger partial charge in [-0.2, -0.15) is 10.1 Å². The van der Waals surface area contributed by atoms with E-state index in [1.54, 1.807) is 23.1 Å². The van der Waals surface area contributed by atoms with Crippen molar-refractivity contribution in [2.75, 3.05) is 11.5 Å². The minimum Gasteiger partial charge on any atom is -0.382 e. The largest absolute Gasteiger partial charge is 0.382 e. The van der Waals surface area contributed by atoms with Gasteiger partial charge in [-0.05, 0) is 0 Å². The maximum Gasteiger partial charge on any atom is 0.222 e. The summed E-state index contributed by atoms with van der Waals surface area (Å²) >= 11 is 0. The number of nitrogen functional groups attached to an aromatic ring is 2. The van der Waals surface area contributed by atoms with E-state index in [2.05, 4.69) is 25.0 Å². The van der Waals surface area contributed by atoms with Crippen molar-refractivity contribution in [3.05, 3.63) is 24.8 Å². The second kappa shape index (κ2) is 3.37. The number of hydrogen-bond acceptors (Lipinski definition) is 7. The highest BCUT2D eigenvalue weighted by atomic mass is 15.3. The lowest BCUT2D eigenvalue weighted by Crippen LogP contribution is -2.05. The maximum atomic E-state index is 5.80. The minimum atomic E-state index is 0.122. The van der Waals surface area contributed by atoms with E-state index in [0.29, 0.717) is 16.9 Å².